The average molecular weight is 412 g/mol. The lowest BCUT2D eigenvalue weighted by Gasteiger charge is -2.05. The Balaban J connectivity index is 1.99. The average Bonchev–Trinajstić information content (AvgIpc) is 2.94. The quantitative estimate of drug-likeness (QED) is 0.677. The van der Waals surface area contributed by atoms with E-state index >= 15 is 0 Å². The number of nitrogens with zero attached hydrogens (tertiary/aromatic N) is 1. The summed E-state index contributed by atoms with van der Waals surface area (Å²) in [4.78, 5) is 28.5. The molecule has 10 heteroatoms. The van der Waals surface area contributed by atoms with Crippen molar-refractivity contribution in [3.05, 3.63) is 30.0 Å². The van der Waals surface area contributed by atoms with Crippen molar-refractivity contribution in [2.24, 2.45) is 0 Å². The Hall–Kier alpha value is -2.46. The normalized spacial score (nSPS) is 11.1. The topological polar surface area (TPSA) is 114 Å². The number of aryl methyl sites for hydroxylation is 1. The molecule has 146 valence electrons. The molecule has 1 aromatic carbocycles. The van der Waals surface area contributed by atoms with Crippen LogP contribution in [0.3, 0.4) is 0 Å². The zero-order valence-electron chi connectivity index (χ0n) is 15.2. The summed E-state index contributed by atoms with van der Waals surface area (Å²) in [5.41, 5.74) is 1.53. The van der Waals surface area contributed by atoms with Crippen LogP contribution >= 0.6 is 11.3 Å². The van der Waals surface area contributed by atoms with Crippen molar-refractivity contribution in [1.82, 2.24) is 10.3 Å². The van der Waals surface area contributed by atoms with Crippen molar-refractivity contribution in [3.63, 3.8) is 0 Å². The summed E-state index contributed by atoms with van der Waals surface area (Å²) >= 11 is 1.28. The van der Waals surface area contributed by atoms with Crippen LogP contribution in [-0.2, 0) is 19.4 Å². The predicted octanol–water partition coefficient (Wildman–Crippen LogP) is 2.60. The number of nitrogens with one attached hydrogen (secondary N) is 2. The Kier molecular flexibility index (Phi) is 6.92. The predicted molar refractivity (Wildman–Crippen MR) is 104 cm³/mol. The fraction of sp³-hybridized carbons (Fsp3) is 0.353. The standard InChI is InChI=1S/C17H21N3O5S2/c1-4-25-14(21)9-10-18-16(22)20-17-19-11(2)15(26-17)12-5-7-13(8-6-12)27(3,23)24/h5-8H,4,9-10H2,1-3H3,(H2,18,19,20,22). The molecule has 0 radical (unpaired) electrons. The lowest BCUT2D eigenvalue weighted by molar-refractivity contribution is -0.142. The van der Waals surface area contributed by atoms with Gasteiger partial charge in [-0.25, -0.2) is 18.2 Å². The summed E-state index contributed by atoms with van der Waals surface area (Å²) in [5, 5.41) is 5.59. The molecule has 2 amide bonds. The lowest BCUT2D eigenvalue weighted by atomic mass is 10.2. The highest BCUT2D eigenvalue weighted by molar-refractivity contribution is 7.90. The molecule has 0 fully saturated rings. The van der Waals surface area contributed by atoms with E-state index in [0.717, 1.165) is 16.7 Å². The highest BCUT2D eigenvalue weighted by Crippen LogP contribution is 2.33. The van der Waals surface area contributed by atoms with Crippen LogP contribution < -0.4 is 10.6 Å². The van der Waals surface area contributed by atoms with Crippen molar-refractivity contribution in [2.75, 3.05) is 24.7 Å². The number of amides is 2. The summed E-state index contributed by atoms with van der Waals surface area (Å²) in [6, 6.07) is 6.03. The number of carbonyl (C=O) groups is 2. The zero-order chi connectivity index (χ0) is 20.0. The minimum absolute atomic E-state index is 0.0933. The van der Waals surface area contributed by atoms with E-state index in [1.165, 1.54) is 11.3 Å². The smallest absolute Gasteiger partial charge is 0.321 e. The van der Waals surface area contributed by atoms with Crippen molar-refractivity contribution < 1.29 is 22.7 Å². The van der Waals surface area contributed by atoms with Gasteiger partial charge in [0.05, 0.1) is 28.5 Å². The van der Waals surface area contributed by atoms with Crippen molar-refractivity contribution in [1.29, 1.82) is 0 Å². The second-order valence-electron chi connectivity index (χ2n) is 5.67. The summed E-state index contributed by atoms with van der Waals surface area (Å²) in [6.45, 7) is 3.99. The van der Waals surface area contributed by atoms with Gasteiger partial charge in [0.2, 0.25) is 0 Å². The lowest BCUT2D eigenvalue weighted by Crippen LogP contribution is -2.30. The molecule has 2 aromatic rings. The van der Waals surface area contributed by atoms with Gasteiger partial charge in [-0.05, 0) is 31.5 Å². The Labute approximate surface area is 161 Å². The molecule has 0 saturated heterocycles. The number of thiazole rings is 1. The molecule has 0 bridgehead atoms. The number of ether oxygens (including phenoxy) is 1. The van der Waals surface area contributed by atoms with Crippen LogP contribution in [0.2, 0.25) is 0 Å². The van der Waals surface area contributed by atoms with Crippen LogP contribution in [0.4, 0.5) is 9.93 Å². The molecular formula is C17H21N3O5S2. The second-order valence-corrected chi connectivity index (χ2v) is 8.68. The van der Waals surface area contributed by atoms with Crippen LogP contribution in [0.1, 0.15) is 19.0 Å². The molecule has 1 aromatic heterocycles. The van der Waals surface area contributed by atoms with E-state index in [-0.39, 0.29) is 23.8 Å². The monoisotopic (exact) mass is 411 g/mol. The van der Waals surface area contributed by atoms with Crippen LogP contribution in [0, 0.1) is 6.92 Å². The fourth-order valence-electron chi connectivity index (χ4n) is 2.22. The molecule has 0 saturated carbocycles. The van der Waals surface area contributed by atoms with Gasteiger partial charge < -0.3 is 10.1 Å². The summed E-state index contributed by atoms with van der Waals surface area (Å²) in [7, 11) is -3.25. The number of sulfone groups is 1. The maximum absolute atomic E-state index is 11.9. The van der Waals surface area contributed by atoms with Crippen LogP contribution in [-0.4, -0.2) is 44.8 Å². The van der Waals surface area contributed by atoms with Gasteiger partial charge in [-0.3, -0.25) is 10.1 Å². The molecule has 27 heavy (non-hydrogen) atoms. The van der Waals surface area contributed by atoms with Gasteiger partial charge >= 0.3 is 12.0 Å². The van der Waals surface area contributed by atoms with Gasteiger partial charge in [-0.1, -0.05) is 23.5 Å². The zero-order valence-corrected chi connectivity index (χ0v) is 16.9. The van der Waals surface area contributed by atoms with Crippen molar-refractivity contribution in [3.8, 4) is 10.4 Å². The summed E-state index contributed by atoms with van der Waals surface area (Å²) < 4.78 is 27.9. The van der Waals surface area contributed by atoms with Gasteiger partial charge in [0.25, 0.3) is 0 Å². The molecule has 1 heterocycles. The van der Waals surface area contributed by atoms with Gasteiger partial charge in [0.1, 0.15) is 0 Å². The molecule has 0 aliphatic heterocycles. The van der Waals surface area contributed by atoms with E-state index in [4.69, 9.17) is 4.74 Å². The molecule has 2 N–H and O–H groups in total. The number of anilines is 1. The molecular weight excluding hydrogens is 390 g/mol. The third kappa shape index (κ3) is 6.04. The van der Waals surface area contributed by atoms with E-state index in [2.05, 4.69) is 15.6 Å². The van der Waals surface area contributed by atoms with E-state index < -0.39 is 15.9 Å². The van der Waals surface area contributed by atoms with Crippen LogP contribution in [0.5, 0.6) is 0 Å². The maximum Gasteiger partial charge on any atom is 0.321 e. The molecule has 0 spiro atoms. The summed E-state index contributed by atoms with van der Waals surface area (Å²) in [6.07, 6.45) is 1.25. The second kappa shape index (κ2) is 8.96. The molecule has 2 rings (SSSR count). The Morgan fingerprint density at radius 3 is 2.48 bits per heavy atom. The summed E-state index contributed by atoms with van der Waals surface area (Å²) in [5.74, 6) is -0.372. The highest BCUT2D eigenvalue weighted by atomic mass is 32.2. The minimum atomic E-state index is -3.25. The number of rotatable bonds is 7. The third-order valence-corrected chi connectivity index (χ3v) is 5.73. The van der Waals surface area contributed by atoms with Gasteiger partial charge in [-0.15, -0.1) is 0 Å². The van der Waals surface area contributed by atoms with E-state index in [9.17, 15) is 18.0 Å². The van der Waals surface area contributed by atoms with Gasteiger partial charge in [0, 0.05) is 12.8 Å². The molecule has 0 unspecified atom stereocenters. The first kappa shape index (κ1) is 20.8. The van der Waals surface area contributed by atoms with Crippen LogP contribution in [0.25, 0.3) is 10.4 Å². The maximum atomic E-state index is 11.9. The number of benzene rings is 1. The first-order valence-corrected chi connectivity index (χ1v) is 10.9. The number of hydrogen-bond donors (Lipinski definition) is 2. The third-order valence-electron chi connectivity index (χ3n) is 3.48. The number of urea groups is 1. The SMILES string of the molecule is CCOC(=O)CCNC(=O)Nc1nc(C)c(-c2ccc(S(C)(=O)=O)cc2)s1. The first-order chi connectivity index (χ1) is 12.7. The van der Waals surface area contributed by atoms with Crippen molar-refractivity contribution >= 4 is 38.3 Å². The van der Waals surface area contributed by atoms with Crippen molar-refractivity contribution in [2.45, 2.75) is 25.2 Å². The fourth-order valence-corrected chi connectivity index (χ4v) is 3.82. The Morgan fingerprint density at radius 1 is 1.22 bits per heavy atom. The number of aromatic nitrogens is 1. The minimum Gasteiger partial charge on any atom is -0.466 e. The highest BCUT2D eigenvalue weighted by Gasteiger charge is 2.13. The molecule has 0 atom stereocenters. The van der Waals surface area contributed by atoms with Crippen LogP contribution in [0.15, 0.2) is 29.2 Å². The molecule has 8 nitrogen and oxygen atoms in total. The van der Waals surface area contributed by atoms with Gasteiger partial charge in [0.15, 0.2) is 15.0 Å². The number of hydrogen-bond acceptors (Lipinski definition) is 7. The van der Waals surface area contributed by atoms with E-state index in [1.54, 1.807) is 38.1 Å². The van der Waals surface area contributed by atoms with E-state index in [0.29, 0.717) is 17.4 Å². The van der Waals surface area contributed by atoms with E-state index in [1.807, 2.05) is 0 Å². The largest absolute Gasteiger partial charge is 0.466 e. The molecule has 0 aliphatic carbocycles. The number of esters is 1. The molecule has 0 aliphatic rings. The van der Waals surface area contributed by atoms with Gasteiger partial charge in [-0.2, -0.15) is 0 Å². The Bertz CT molecular complexity index is 921. The number of carbonyl (C=O) groups excluding carboxylic acids is 2. The Morgan fingerprint density at radius 2 is 1.89 bits per heavy atom. The first-order valence-electron chi connectivity index (χ1n) is 8.19.